The van der Waals surface area contributed by atoms with Gasteiger partial charge < -0.3 is 14.6 Å². The van der Waals surface area contributed by atoms with Gasteiger partial charge in [-0.3, -0.25) is 9.59 Å². The molecular formula is C27H37N3O3. The van der Waals surface area contributed by atoms with Gasteiger partial charge in [0, 0.05) is 12.1 Å². The van der Waals surface area contributed by atoms with Crippen LogP contribution in [0.3, 0.4) is 0 Å². The van der Waals surface area contributed by atoms with Crippen LogP contribution in [0.15, 0.2) is 41.0 Å². The van der Waals surface area contributed by atoms with E-state index in [2.05, 4.69) is 17.2 Å². The summed E-state index contributed by atoms with van der Waals surface area (Å²) in [6.07, 6.45) is 13.3. The number of oxazole rings is 1. The lowest BCUT2D eigenvalue weighted by Crippen LogP contribution is -2.43. The van der Waals surface area contributed by atoms with Crippen molar-refractivity contribution in [1.29, 1.82) is 0 Å². The van der Waals surface area contributed by atoms with Crippen molar-refractivity contribution in [2.24, 2.45) is 0 Å². The number of nitrogens with one attached hydrogen (secondary N) is 1. The average Bonchev–Trinajstić information content (AvgIpc) is 3.34. The van der Waals surface area contributed by atoms with Crippen LogP contribution in [0, 0.1) is 0 Å². The number of carbonyl (C=O) groups excluding carboxylic acids is 2. The Morgan fingerprint density at radius 1 is 1.03 bits per heavy atom. The molecule has 2 aliphatic carbocycles. The van der Waals surface area contributed by atoms with E-state index in [-0.39, 0.29) is 29.8 Å². The molecule has 2 saturated carbocycles. The van der Waals surface area contributed by atoms with E-state index in [1.807, 2.05) is 35.2 Å². The summed E-state index contributed by atoms with van der Waals surface area (Å²) in [7, 11) is 0. The van der Waals surface area contributed by atoms with E-state index in [0.29, 0.717) is 18.1 Å². The monoisotopic (exact) mass is 451 g/mol. The summed E-state index contributed by atoms with van der Waals surface area (Å²) in [6, 6.07) is 10.4. The van der Waals surface area contributed by atoms with E-state index >= 15 is 0 Å². The summed E-state index contributed by atoms with van der Waals surface area (Å²) in [5.74, 6) is 0.202. The second-order valence-corrected chi connectivity index (χ2v) is 9.56. The van der Waals surface area contributed by atoms with Gasteiger partial charge in [0.1, 0.15) is 6.26 Å². The van der Waals surface area contributed by atoms with Gasteiger partial charge in [-0.1, -0.05) is 75.8 Å². The third kappa shape index (κ3) is 6.04. The highest BCUT2D eigenvalue weighted by Crippen LogP contribution is 2.29. The zero-order chi connectivity index (χ0) is 23.0. The molecule has 1 unspecified atom stereocenters. The van der Waals surface area contributed by atoms with Crippen LogP contribution >= 0.6 is 0 Å². The fraction of sp³-hybridized carbons (Fsp3) is 0.593. The minimum Gasteiger partial charge on any atom is -0.446 e. The maximum Gasteiger partial charge on any atom is 0.273 e. The van der Waals surface area contributed by atoms with E-state index in [1.54, 1.807) is 0 Å². The molecule has 33 heavy (non-hydrogen) atoms. The Balaban J connectivity index is 1.48. The molecule has 2 aromatic rings. The number of nitrogens with zero attached hydrogens (tertiary/aromatic N) is 2. The summed E-state index contributed by atoms with van der Waals surface area (Å²) < 4.78 is 5.70. The summed E-state index contributed by atoms with van der Waals surface area (Å²) in [4.78, 5) is 32.9. The van der Waals surface area contributed by atoms with Gasteiger partial charge >= 0.3 is 0 Å². The highest BCUT2D eigenvalue weighted by atomic mass is 16.3. The molecule has 2 fully saturated rings. The van der Waals surface area contributed by atoms with Crippen LogP contribution in [0.2, 0.25) is 0 Å². The average molecular weight is 452 g/mol. The van der Waals surface area contributed by atoms with Gasteiger partial charge in [-0.2, -0.15) is 0 Å². The molecule has 0 bridgehead atoms. The van der Waals surface area contributed by atoms with E-state index in [9.17, 15) is 9.59 Å². The number of carbonyl (C=O) groups is 2. The molecule has 0 spiro atoms. The largest absolute Gasteiger partial charge is 0.446 e. The third-order valence-corrected chi connectivity index (χ3v) is 7.24. The maximum absolute atomic E-state index is 13.8. The molecule has 0 saturated heterocycles. The summed E-state index contributed by atoms with van der Waals surface area (Å²) in [5.41, 5.74) is 1.35. The van der Waals surface area contributed by atoms with Crippen molar-refractivity contribution >= 4 is 11.8 Å². The zero-order valence-corrected chi connectivity index (χ0v) is 19.8. The fourth-order valence-electron chi connectivity index (χ4n) is 5.36. The molecule has 1 aromatic heterocycles. The third-order valence-electron chi connectivity index (χ3n) is 7.24. The molecule has 6 nitrogen and oxygen atoms in total. The van der Waals surface area contributed by atoms with Crippen molar-refractivity contribution in [2.75, 3.05) is 0 Å². The SMILES string of the molecule is CCC(C(=O)N(Cc1nc(C(=O)NC2CCCCC2)co1)C1CCCCC1)c1ccccc1. The quantitative estimate of drug-likeness (QED) is 0.567. The van der Waals surface area contributed by atoms with Gasteiger partial charge in [0.25, 0.3) is 5.91 Å². The minimum atomic E-state index is -0.183. The first-order valence-corrected chi connectivity index (χ1v) is 12.8. The van der Waals surface area contributed by atoms with Gasteiger partial charge in [-0.05, 0) is 37.7 Å². The summed E-state index contributed by atoms with van der Waals surface area (Å²) in [6.45, 7) is 2.37. The molecule has 0 aliphatic heterocycles. The van der Waals surface area contributed by atoms with Gasteiger partial charge in [0.15, 0.2) is 5.69 Å². The first-order valence-electron chi connectivity index (χ1n) is 12.8. The molecule has 0 radical (unpaired) electrons. The van der Waals surface area contributed by atoms with Crippen LogP contribution in [0.5, 0.6) is 0 Å². The van der Waals surface area contributed by atoms with E-state index in [0.717, 1.165) is 63.4 Å². The van der Waals surface area contributed by atoms with Crippen molar-refractivity contribution in [3.8, 4) is 0 Å². The normalized spacial score (nSPS) is 18.6. The molecule has 2 amide bonds. The van der Waals surface area contributed by atoms with Gasteiger partial charge in [0.2, 0.25) is 11.8 Å². The van der Waals surface area contributed by atoms with Crippen molar-refractivity contribution in [2.45, 2.75) is 102 Å². The molecule has 1 atom stereocenters. The lowest BCUT2D eigenvalue weighted by atomic mass is 9.90. The van der Waals surface area contributed by atoms with E-state index in [1.165, 1.54) is 19.1 Å². The lowest BCUT2D eigenvalue weighted by Gasteiger charge is -2.36. The fourth-order valence-corrected chi connectivity index (χ4v) is 5.36. The topological polar surface area (TPSA) is 75.4 Å². The van der Waals surface area contributed by atoms with Crippen LogP contribution in [0.4, 0.5) is 0 Å². The van der Waals surface area contributed by atoms with E-state index in [4.69, 9.17) is 4.42 Å². The molecular weight excluding hydrogens is 414 g/mol. The maximum atomic E-state index is 13.8. The first kappa shape index (κ1) is 23.5. The predicted molar refractivity (Wildman–Crippen MR) is 128 cm³/mol. The minimum absolute atomic E-state index is 0.127. The second-order valence-electron chi connectivity index (χ2n) is 9.56. The molecule has 1 aromatic carbocycles. The van der Waals surface area contributed by atoms with Crippen LogP contribution in [-0.4, -0.2) is 33.8 Å². The lowest BCUT2D eigenvalue weighted by molar-refractivity contribution is -0.137. The molecule has 1 heterocycles. The Morgan fingerprint density at radius 3 is 2.36 bits per heavy atom. The molecule has 1 N–H and O–H groups in total. The standard InChI is InChI=1S/C27H37N3O3/c1-2-23(20-12-6-3-7-13-20)27(32)30(22-16-10-5-11-17-22)18-25-29-24(19-33-25)26(31)28-21-14-8-4-9-15-21/h3,6-7,12-13,19,21-23H,2,4-5,8-11,14-18H2,1H3,(H,28,31). The smallest absolute Gasteiger partial charge is 0.273 e. The number of benzene rings is 1. The zero-order valence-electron chi connectivity index (χ0n) is 19.8. The Hall–Kier alpha value is -2.63. The molecule has 6 heteroatoms. The van der Waals surface area contributed by atoms with Crippen molar-refractivity contribution in [3.05, 3.63) is 53.7 Å². The number of amides is 2. The van der Waals surface area contributed by atoms with Gasteiger partial charge in [-0.25, -0.2) is 4.98 Å². The van der Waals surface area contributed by atoms with Crippen LogP contribution in [-0.2, 0) is 11.3 Å². The number of aromatic nitrogens is 1. The summed E-state index contributed by atoms with van der Waals surface area (Å²) in [5, 5.41) is 3.09. The van der Waals surface area contributed by atoms with Gasteiger partial charge in [0.05, 0.1) is 12.5 Å². The van der Waals surface area contributed by atoms with Gasteiger partial charge in [-0.15, -0.1) is 0 Å². The van der Waals surface area contributed by atoms with Crippen LogP contribution < -0.4 is 5.32 Å². The summed E-state index contributed by atoms with van der Waals surface area (Å²) >= 11 is 0. The molecule has 2 aliphatic rings. The van der Waals surface area contributed by atoms with Crippen LogP contribution in [0.1, 0.15) is 105 Å². The highest BCUT2D eigenvalue weighted by Gasteiger charge is 2.32. The van der Waals surface area contributed by atoms with Crippen molar-refractivity contribution in [1.82, 2.24) is 15.2 Å². The molecule has 4 rings (SSSR count). The Morgan fingerprint density at radius 2 is 1.70 bits per heavy atom. The Labute approximate surface area is 197 Å². The Kier molecular flexibility index (Phi) is 8.19. The Bertz CT molecular complexity index is 898. The predicted octanol–water partition coefficient (Wildman–Crippen LogP) is 5.59. The first-order chi connectivity index (χ1) is 16.2. The number of hydrogen-bond acceptors (Lipinski definition) is 4. The van der Waals surface area contributed by atoms with Crippen LogP contribution in [0.25, 0.3) is 0 Å². The van der Waals surface area contributed by atoms with Crippen molar-refractivity contribution in [3.63, 3.8) is 0 Å². The van der Waals surface area contributed by atoms with E-state index < -0.39 is 0 Å². The highest BCUT2D eigenvalue weighted by molar-refractivity contribution is 5.92. The molecule has 178 valence electrons. The second kappa shape index (κ2) is 11.5. The number of rotatable bonds is 8. The van der Waals surface area contributed by atoms with Crippen molar-refractivity contribution < 1.29 is 14.0 Å². The number of hydrogen-bond donors (Lipinski definition) is 1.